The molecule has 3 fully saturated rings. The Bertz CT molecular complexity index is 1590. The van der Waals surface area contributed by atoms with Crippen LogP contribution in [0, 0.1) is 23.7 Å². The van der Waals surface area contributed by atoms with Gasteiger partial charge < -0.3 is 14.0 Å². The SMILES string of the molecule is O=C(OC1CCCCC1)C1C2CCC(C2)C1C(=O)OC(C(F)(F)F)C(F)(F)S(=O)(=O)[O-].c1ccc([S+](c2ccccc2)c2ccccc2)cc1. The molecule has 7 nitrogen and oxygen atoms in total. The molecule has 3 aromatic carbocycles. The van der Waals surface area contributed by atoms with Crippen molar-refractivity contribution in [3.8, 4) is 0 Å². The third-order valence-corrected chi connectivity index (χ3v) is 12.5. The van der Waals surface area contributed by atoms with Crippen LogP contribution in [0.3, 0.4) is 0 Å². The molecule has 3 aliphatic rings. The van der Waals surface area contributed by atoms with Crippen molar-refractivity contribution >= 4 is 33.0 Å². The quantitative estimate of drug-likeness (QED) is 0.0949. The van der Waals surface area contributed by atoms with Crippen molar-refractivity contribution in [1.82, 2.24) is 0 Å². The molecule has 0 aliphatic heterocycles. The van der Waals surface area contributed by atoms with Gasteiger partial charge in [-0.25, -0.2) is 8.42 Å². The minimum absolute atomic E-state index is 0.0146. The second-order valence-corrected chi connectivity index (χ2v) is 16.2. The van der Waals surface area contributed by atoms with E-state index in [4.69, 9.17) is 4.74 Å². The third kappa shape index (κ3) is 8.68. The molecule has 6 rings (SSSR count). The fraction of sp³-hybridized carbons (Fsp3) is 0.444. The number of carbonyl (C=O) groups excluding carboxylic acids is 2. The van der Waals surface area contributed by atoms with E-state index in [1.165, 1.54) is 14.7 Å². The maximum atomic E-state index is 13.7. The highest BCUT2D eigenvalue weighted by atomic mass is 32.2. The van der Waals surface area contributed by atoms with Gasteiger partial charge in [0.2, 0.25) is 0 Å². The molecule has 0 heterocycles. The van der Waals surface area contributed by atoms with Gasteiger partial charge in [0.25, 0.3) is 6.10 Å². The van der Waals surface area contributed by atoms with Crippen molar-refractivity contribution in [2.45, 2.75) is 89.7 Å². The normalized spacial score (nSPS) is 23.1. The summed E-state index contributed by atoms with van der Waals surface area (Å²) in [6, 6.07) is 32.2. The second kappa shape index (κ2) is 15.8. The lowest BCUT2D eigenvalue weighted by molar-refractivity contribution is -0.261. The molecule has 0 spiro atoms. The van der Waals surface area contributed by atoms with Crippen LogP contribution in [0.5, 0.6) is 0 Å². The minimum Gasteiger partial charge on any atom is -0.743 e. The monoisotopic (exact) mass is 740 g/mol. The average molecular weight is 741 g/mol. The zero-order valence-corrected chi connectivity index (χ0v) is 28.5. The van der Waals surface area contributed by atoms with Gasteiger partial charge in [-0.1, -0.05) is 61.0 Å². The summed E-state index contributed by atoms with van der Waals surface area (Å²) < 4.78 is 108. The zero-order chi connectivity index (χ0) is 36.1. The number of carbonyl (C=O) groups is 2. The van der Waals surface area contributed by atoms with Crippen molar-refractivity contribution in [3.05, 3.63) is 91.0 Å². The van der Waals surface area contributed by atoms with Crippen LogP contribution in [-0.4, -0.2) is 48.5 Å². The summed E-state index contributed by atoms with van der Waals surface area (Å²) in [4.78, 5) is 29.3. The number of hydrogen-bond donors (Lipinski definition) is 0. The summed E-state index contributed by atoms with van der Waals surface area (Å²) in [5.41, 5.74) is 0. The van der Waals surface area contributed by atoms with E-state index >= 15 is 0 Å². The van der Waals surface area contributed by atoms with Gasteiger partial charge in [0, 0.05) is 0 Å². The second-order valence-electron chi connectivity index (χ2n) is 12.7. The molecular weight excluding hydrogens is 704 g/mol. The van der Waals surface area contributed by atoms with E-state index in [0.717, 1.165) is 19.3 Å². The Kier molecular flexibility index (Phi) is 11.9. The molecule has 0 N–H and O–H groups in total. The lowest BCUT2D eigenvalue weighted by Gasteiger charge is -2.34. The summed E-state index contributed by atoms with van der Waals surface area (Å²) >= 11 is 0. The molecule has 5 atom stereocenters. The first kappa shape index (κ1) is 37.8. The summed E-state index contributed by atoms with van der Waals surface area (Å²) in [6.45, 7) is 0. The van der Waals surface area contributed by atoms with Crippen molar-refractivity contribution in [3.63, 3.8) is 0 Å². The van der Waals surface area contributed by atoms with Gasteiger partial charge in [0.15, 0.2) is 24.8 Å². The Morgan fingerprint density at radius 2 is 1.10 bits per heavy atom. The molecule has 50 heavy (non-hydrogen) atoms. The molecule has 3 aromatic rings. The standard InChI is InChI=1S/C18H23F5O7S.C18H15S/c19-17(20,21)16(18(22,23)31(26,27)28)30-15(25)13-10-7-6-9(8-10)12(13)14(24)29-11-4-2-1-3-5-11;1-4-10-16(11-5-1)19(17-12-6-2-7-13-17)18-14-8-3-9-15-18/h9-13,16H,1-8H2,(H,26,27,28);1-15H/q;+1/p-1. The molecule has 2 bridgehead atoms. The fourth-order valence-corrected chi connectivity index (χ4v) is 9.67. The molecule has 0 aromatic heterocycles. The molecule has 0 radical (unpaired) electrons. The van der Waals surface area contributed by atoms with E-state index < -0.39 is 57.3 Å². The number of benzene rings is 3. The molecule has 3 aliphatic carbocycles. The van der Waals surface area contributed by atoms with Gasteiger partial charge in [0.1, 0.15) is 6.10 Å². The molecule has 14 heteroatoms. The van der Waals surface area contributed by atoms with E-state index in [2.05, 4.69) is 95.7 Å². The van der Waals surface area contributed by atoms with Crippen LogP contribution in [0.1, 0.15) is 51.4 Å². The van der Waals surface area contributed by atoms with Crippen LogP contribution < -0.4 is 0 Å². The number of esters is 2. The zero-order valence-electron chi connectivity index (χ0n) is 26.8. The summed E-state index contributed by atoms with van der Waals surface area (Å²) in [7, 11) is -6.80. The number of fused-ring (bicyclic) bond motifs is 2. The van der Waals surface area contributed by atoms with E-state index in [9.17, 15) is 44.5 Å². The van der Waals surface area contributed by atoms with Gasteiger partial charge in [-0.15, -0.1) is 0 Å². The molecule has 5 unspecified atom stereocenters. The van der Waals surface area contributed by atoms with Crippen LogP contribution in [0.25, 0.3) is 0 Å². The molecule has 0 saturated heterocycles. The molecule has 3 saturated carbocycles. The highest BCUT2D eigenvalue weighted by Crippen LogP contribution is 2.54. The van der Waals surface area contributed by atoms with Crippen molar-refractivity contribution < 1.29 is 54.0 Å². The van der Waals surface area contributed by atoms with Crippen molar-refractivity contribution in [2.24, 2.45) is 23.7 Å². The first-order chi connectivity index (χ1) is 23.7. The number of hydrogen-bond acceptors (Lipinski definition) is 7. The highest BCUT2D eigenvalue weighted by Gasteiger charge is 2.64. The topological polar surface area (TPSA) is 110 Å². The lowest BCUT2D eigenvalue weighted by atomic mass is 9.79. The Morgan fingerprint density at radius 3 is 1.50 bits per heavy atom. The van der Waals surface area contributed by atoms with Gasteiger partial charge in [0.05, 0.1) is 22.7 Å². The highest BCUT2D eigenvalue weighted by molar-refractivity contribution is 7.97. The summed E-state index contributed by atoms with van der Waals surface area (Å²) in [5.74, 6) is -6.12. The molecule has 270 valence electrons. The fourth-order valence-electron chi connectivity index (χ4n) is 7.13. The van der Waals surface area contributed by atoms with Crippen LogP contribution in [0.15, 0.2) is 106 Å². The number of rotatable bonds is 9. The third-order valence-electron chi connectivity index (χ3n) is 9.40. The van der Waals surface area contributed by atoms with Crippen LogP contribution in [0.2, 0.25) is 0 Å². The summed E-state index contributed by atoms with van der Waals surface area (Å²) in [5, 5.41) is -5.92. The van der Waals surface area contributed by atoms with Crippen LogP contribution >= 0.6 is 0 Å². The number of halogens is 5. The number of alkyl halides is 5. The Hall–Kier alpha value is -3.49. The maximum absolute atomic E-state index is 13.7. The van der Waals surface area contributed by atoms with Crippen molar-refractivity contribution in [2.75, 3.05) is 0 Å². The predicted octanol–water partition coefficient (Wildman–Crippen LogP) is 7.92. The van der Waals surface area contributed by atoms with Gasteiger partial charge in [-0.2, -0.15) is 22.0 Å². The minimum atomic E-state index is -6.79. The number of ether oxygens (including phenoxy) is 2. The van der Waals surface area contributed by atoms with E-state index in [0.29, 0.717) is 32.1 Å². The molecule has 0 amide bonds. The molecular formula is C36H37F5O7S2. The first-order valence-corrected chi connectivity index (χ1v) is 19.0. The maximum Gasteiger partial charge on any atom is 0.432 e. The lowest BCUT2D eigenvalue weighted by Crippen LogP contribution is -2.53. The van der Waals surface area contributed by atoms with Gasteiger partial charge in [-0.3, -0.25) is 9.59 Å². The predicted molar refractivity (Wildman–Crippen MR) is 173 cm³/mol. The van der Waals surface area contributed by atoms with E-state index in [1.54, 1.807) is 0 Å². The van der Waals surface area contributed by atoms with Gasteiger partial charge in [-0.05, 0) is 93.2 Å². The summed E-state index contributed by atoms with van der Waals surface area (Å²) in [6.07, 6.45) is -5.76. The van der Waals surface area contributed by atoms with Crippen molar-refractivity contribution in [1.29, 1.82) is 0 Å². The Labute approximate surface area is 290 Å². The van der Waals surface area contributed by atoms with E-state index in [1.807, 2.05) is 0 Å². The first-order valence-electron chi connectivity index (χ1n) is 16.4. The largest absolute Gasteiger partial charge is 0.743 e. The van der Waals surface area contributed by atoms with E-state index in [-0.39, 0.29) is 22.9 Å². The Balaban J connectivity index is 0.000000217. The van der Waals surface area contributed by atoms with Crippen LogP contribution in [-0.2, 0) is 40.1 Å². The smallest absolute Gasteiger partial charge is 0.432 e. The Morgan fingerprint density at radius 1 is 0.680 bits per heavy atom. The average Bonchev–Trinajstić information content (AvgIpc) is 3.71. The van der Waals surface area contributed by atoms with Gasteiger partial charge >= 0.3 is 23.4 Å². The van der Waals surface area contributed by atoms with Crippen LogP contribution in [0.4, 0.5) is 22.0 Å².